The fraction of sp³-hybridized carbons (Fsp3) is 0.333. The number of ether oxygens (including phenoxy) is 1. The Balaban J connectivity index is 2.08. The molecule has 1 N–H and O–H groups in total. The van der Waals surface area contributed by atoms with Crippen molar-refractivity contribution in [2.45, 2.75) is 26.0 Å². The van der Waals surface area contributed by atoms with Crippen LogP contribution in [0.25, 0.3) is 0 Å². The summed E-state index contributed by atoms with van der Waals surface area (Å²) >= 11 is 1.47. The number of nitrogens with one attached hydrogen (secondary N) is 1. The van der Waals surface area contributed by atoms with Gasteiger partial charge in [0.25, 0.3) is 0 Å². The molecule has 0 aliphatic heterocycles. The molecule has 0 fully saturated rings. The number of carbonyl (C=O) groups is 2. The Morgan fingerprint density at radius 1 is 1.25 bits per heavy atom. The van der Waals surface area contributed by atoms with E-state index in [2.05, 4.69) is 4.98 Å². The molecule has 0 aliphatic rings. The zero-order chi connectivity index (χ0) is 17.9. The molecule has 1 unspecified atom stereocenters. The van der Waals surface area contributed by atoms with Gasteiger partial charge in [-0.15, -0.1) is 11.8 Å². The van der Waals surface area contributed by atoms with Crippen molar-refractivity contribution < 1.29 is 18.7 Å². The predicted octanol–water partition coefficient (Wildman–Crippen LogP) is 4.23. The summed E-state index contributed by atoms with van der Waals surface area (Å²) in [5, 5.41) is 0.0611. The monoisotopic (exact) mass is 349 g/mol. The third-order valence-corrected chi connectivity index (χ3v) is 5.11. The van der Waals surface area contributed by atoms with Gasteiger partial charge in [-0.1, -0.05) is 12.1 Å². The molecule has 0 bridgehead atoms. The quantitative estimate of drug-likeness (QED) is 0.626. The van der Waals surface area contributed by atoms with Gasteiger partial charge in [-0.3, -0.25) is 4.79 Å². The molecule has 0 saturated carbocycles. The SMILES string of the molecule is COC(=O)c1c(C)[nH]c(C(=O)CSC(C)c2ccc(F)cc2)c1C. The van der Waals surface area contributed by atoms with Crippen molar-refractivity contribution in [2.24, 2.45) is 0 Å². The Hall–Kier alpha value is -2.08. The van der Waals surface area contributed by atoms with Crippen LogP contribution in [0, 0.1) is 19.7 Å². The lowest BCUT2D eigenvalue weighted by Crippen LogP contribution is -2.08. The maximum absolute atomic E-state index is 13.0. The first-order valence-corrected chi connectivity index (χ1v) is 8.57. The number of hydrogen-bond donors (Lipinski definition) is 1. The van der Waals surface area contributed by atoms with Crippen LogP contribution in [-0.4, -0.2) is 29.6 Å². The van der Waals surface area contributed by atoms with Crippen molar-refractivity contribution in [3.05, 3.63) is 58.2 Å². The number of H-pyrrole nitrogens is 1. The van der Waals surface area contributed by atoms with Crippen molar-refractivity contribution in [1.29, 1.82) is 0 Å². The van der Waals surface area contributed by atoms with Crippen molar-refractivity contribution in [2.75, 3.05) is 12.9 Å². The van der Waals surface area contributed by atoms with E-state index >= 15 is 0 Å². The van der Waals surface area contributed by atoms with Gasteiger partial charge < -0.3 is 9.72 Å². The number of rotatable bonds is 6. The average Bonchev–Trinajstić information content (AvgIpc) is 2.87. The minimum Gasteiger partial charge on any atom is -0.465 e. The highest BCUT2D eigenvalue weighted by Gasteiger charge is 2.22. The zero-order valence-corrected chi connectivity index (χ0v) is 14.9. The van der Waals surface area contributed by atoms with Gasteiger partial charge in [0.2, 0.25) is 0 Å². The van der Waals surface area contributed by atoms with E-state index < -0.39 is 5.97 Å². The van der Waals surface area contributed by atoms with Crippen LogP contribution in [0.1, 0.15) is 49.8 Å². The number of methoxy groups -OCH3 is 1. The number of ketones is 1. The molecule has 0 radical (unpaired) electrons. The second kappa shape index (κ2) is 7.66. The molecule has 1 atom stereocenters. The first-order chi connectivity index (χ1) is 11.3. The molecule has 6 heteroatoms. The van der Waals surface area contributed by atoms with Crippen molar-refractivity contribution in [3.63, 3.8) is 0 Å². The zero-order valence-electron chi connectivity index (χ0n) is 14.1. The number of aromatic nitrogens is 1. The summed E-state index contributed by atoms with van der Waals surface area (Å²) < 4.78 is 17.7. The van der Waals surface area contributed by atoms with E-state index in [0.717, 1.165) is 5.56 Å². The maximum atomic E-state index is 13.0. The van der Waals surface area contributed by atoms with E-state index in [1.807, 2.05) is 6.92 Å². The minimum absolute atomic E-state index is 0.0611. The highest BCUT2D eigenvalue weighted by Crippen LogP contribution is 2.29. The normalized spacial score (nSPS) is 12.0. The van der Waals surface area contributed by atoms with Crippen LogP contribution in [0.15, 0.2) is 24.3 Å². The third-order valence-electron chi connectivity index (χ3n) is 3.91. The molecule has 4 nitrogen and oxygen atoms in total. The van der Waals surface area contributed by atoms with Crippen LogP contribution < -0.4 is 0 Å². The number of hydrogen-bond acceptors (Lipinski definition) is 4. The average molecular weight is 349 g/mol. The summed E-state index contributed by atoms with van der Waals surface area (Å²) in [6.45, 7) is 5.44. The summed E-state index contributed by atoms with van der Waals surface area (Å²) in [6, 6.07) is 6.26. The number of thioether (sulfide) groups is 1. The first kappa shape index (κ1) is 18.3. The molecule has 0 aliphatic carbocycles. The Labute approximate surface area is 144 Å². The lowest BCUT2D eigenvalue weighted by molar-refractivity contribution is 0.0599. The van der Waals surface area contributed by atoms with E-state index in [0.29, 0.717) is 22.5 Å². The van der Waals surface area contributed by atoms with Gasteiger partial charge in [0.15, 0.2) is 5.78 Å². The van der Waals surface area contributed by atoms with E-state index in [-0.39, 0.29) is 22.6 Å². The van der Waals surface area contributed by atoms with Crippen LogP contribution in [0.2, 0.25) is 0 Å². The summed E-state index contributed by atoms with van der Waals surface area (Å²) in [4.78, 5) is 27.2. The minimum atomic E-state index is -0.451. The van der Waals surface area contributed by atoms with Crippen molar-refractivity contribution in [3.8, 4) is 0 Å². The van der Waals surface area contributed by atoms with Crippen LogP contribution in [-0.2, 0) is 4.74 Å². The molecule has 2 aromatic rings. The molecule has 0 amide bonds. The summed E-state index contributed by atoms with van der Waals surface area (Å²) in [6.07, 6.45) is 0. The summed E-state index contributed by atoms with van der Waals surface area (Å²) in [5.41, 5.74) is 3.05. The third kappa shape index (κ3) is 3.87. The Kier molecular flexibility index (Phi) is 5.83. The highest BCUT2D eigenvalue weighted by atomic mass is 32.2. The largest absolute Gasteiger partial charge is 0.465 e. The lowest BCUT2D eigenvalue weighted by Gasteiger charge is -2.11. The molecule has 0 spiro atoms. The Morgan fingerprint density at radius 2 is 1.88 bits per heavy atom. The number of benzene rings is 1. The lowest BCUT2D eigenvalue weighted by atomic mass is 10.1. The second-order valence-corrected chi connectivity index (χ2v) is 6.87. The first-order valence-electron chi connectivity index (χ1n) is 7.52. The van der Waals surface area contributed by atoms with E-state index in [9.17, 15) is 14.0 Å². The fourth-order valence-electron chi connectivity index (χ4n) is 2.54. The molecular weight excluding hydrogens is 329 g/mol. The Bertz CT molecular complexity index is 752. The van der Waals surface area contributed by atoms with Gasteiger partial charge >= 0.3 is 5.97 Å². The van der Waals surface area contributed by atoms with E-state index in [4.69, 9.17) is 4.74 Å². The van der Waals surface area contributed by atoms with Crippen LogP contribution in [0.3, 0.4) is 0 Å². The molecule has 1 aromatic heterocycles. The van der Waals surface area contributed by atoms with Gasteiger partial charge in [0.05, 0.1) is 24.1 Å². The topological polar surface area (TPSA) is 59.2 Å². The molecule has 2 rings (SSSR count). The Morgan fingerprint density at radius 3 is 2.46 bits per heavy atom. The fourth-order valence-corrected chi connectivity index (χ4v) is 3.44. The molecular formula is C18H20FNO3S. The van der Waals surface area contributed by atoms with E-state index in [1.54, 1.807) is 26.0 Å². The standard InChI is InChI=1S/C18H20FNO3S/c1-10-16(18(22)23-4)11(2)20-17(10)15(21)9-24-12(3)13-5-7-14(19)8-6-13/h5-8,12,20H,9H2,1-4H3. The number of esters is 1. The summed E-state index contributed by atoms with van der Waals surface area (Å²) in [5.74, 6) is -0.544. The van der Waals surface area contributed by atoms with Gasteiger partial charge in [-0.2, -0.15) is 0 Å². The van der Waals surface area contributed by atoms with Crippen molar-refractivity contribution >= 4 is 23.5 Å². The van der Waals surface area contributed by atoms with E-state index in [1.165, 1.54) is 31.0 Å². The number of aromatic amines is 1. The smallest absolute Gasteiger partial charge is 0.339 e. The predicted molar refractivity (Wildman–Crippen MR) is 93.2 cm³/mol. The maximum Gasteiger partial charge on any atom is 0.339 e. The molecule has 1 heterocycles. The van der Waals surface area contributed by atoms with Crippen LogP contribution >= 0.6 is 11.8 Å². The van der Waals surface area contributed by atoms with Gasteiger partial charge in [0, 0.05) is 10.9 Å². The van der Waals surface area contributed by atoms with Crippen molar-refractivity contribution in [1.82, 2.24) is 4.98 Å². The number of aryl methyl sites for hydroxylation is 1. The summed E-state index contributed by atoms with van der Waals surface area (Å²) in [7, 11) is 1.32. The van der Waals surface area contributed by atoms with Gasteiger partial charge in [0.1, 0.15) is 5.82 Å². The highest BCUT2D eigenvalue weighted by molar-refractivity contribution is 8.00. The van der Waals surface area contributed by atoms with Gasteiger partial charge in [-0.25, -0.2) is 9.18 Å². The molecule has 24 heavy (non-hydrogen) atoms. The number of Topliss-reactive ketones (excluding diaryl/α,β-unsaturated/α-hetero) is 1. The number of carbonyl (C=O) groups excluding carboxylic acids is 2. The molecule has 128 valence electrons. The van der Waals surface area contributed by atoms with Gasteiger partial charge in [-0.05, 0) is 44.0 Å². The second-order valence-electron chi connectivity index (χ2n) is 5.54. The number of halogens is 1. The van der Waals surface area contributed by atoms with Crippen LogP contribution in [0.5, 0.6) is 0 Å². The molecule has 1 aromatic carbocycles. The van der Waals surface area contributed by atoms with Crippen LogP contribution in [0.4, 0.5) is 4.39 Å². The molecule has 0 saturated heterocycles.